The molecule has 174 valence electrons. The van der Waals surface area contributed by atoms with Crippen LogP contribution in [0.5, 0.6) is 0 Å². The van der Waals surface area contributed by atoms with Crippen molar-refractivity contribution in [3.63, 3.8) is 0 Å². The lowest BCUT2D eigenvalue weighted by Crippen LogP contribution is -2.44. The molecule has 2 aliphatic heterocycles. The van der Waals surface area contributed by atoms with Gasteiger partial charge in [-0.05, 0) is 41.2 Å². The number of carbonyl (C=O) groups is 1. The smallest absolute Gasteiger partial charge is 0.158 e. The first kappa shape index (κ1) is 22.1. The molecule has 4 nitrogen and oxygen atoms in total. The van der Waals surface area contributed by atoms with Crippen LogP contribution >= 0.6 is 0 Å². The lowest BCUT2D eigenvalue weighted by Gasteiger charge is -2.36. The summed E-state index contributed by atoms with van der Waals surface area (Å²) < 4.78 is 0. The predicted molar refractivity (Wildman–Crippen MR) is 141 cm³/mol. The number of fused-ring (bicyclic) bond motifs is 3. The second kappa shape index (κ2) is 8.99. The third kappa shape index (κ3) is 3.55. The Kier molecular flexibility index (Phi) is 5.51. The van der Waals surface area contributed by atoms with Gasteiger partial charge in [-0.15, -0.1) is 0 Å². The number of ketones is 1. The topological polar surface area (TPSA) is 67.9 Å². The maximum absolute atomic E-state index is 14.1. The SMILES string of the molecule is N#CC(C#N)=C(c1ccccc1)[C@H]1[C@H](c2ccccc2)[C@@H](C(=O)C2CC2)N2c3ccccc3C=C[C@@H]12. The predicted octanol–water partition coefficient (Wildman–Crippen LogP) is 6.15. The van der Waals surface area contributed by atoms with Crippen molar-refractivity contribution in [1.29, 1.82) is 10.5 Å². The molecule has 4 heteroatoms. The standard InChI is InChI=1S/C32H25N3O/c33-19-25(20-34)28(22-10-3-1-4-11-22)30-27-18-17-21-9-7-8-14-26(21)35(27)31(32(36)24-15-16-24)29(30)23-12-5-2-6-13-23/h1-14,17-18,24,27,29-31H,15-16H2/t27-,29-,30-,31-/m0/s1. The van der Waals surface area contributed by atoms with Crippen molar-refractivity contribution in [2.45, 2.75) is 30.8 Å². The van der Waals surface area contributed by atoms with E-state index in [0.29, 0.717) is 0 Å². The van der Waals surface area contributed by atoms with E-state index in [9.17, 15) is 15.3 Å². The summed E-state index contributed by atoms with van der Waals surface area (Å²) in [5.41, 5.74) is 4.87. The molecule has 0 N–H and O–H groups in total. The van der Waals surface area contributed by atoms with Crippen molar-refractivity contribution < 1.29 is 4.79 Å². The van der Waals surface area contributed by atoms with Crippen LogP contribution in [0, 0.1) is 34.5 Å². The van der Waals surface area contributed by atoms with Crippen LogP contribution in [0.2, 0.25) is 0 Å². The molecule has 6 rings (SSSR count). The minimum absolute atomic E-state index is 0.0780. The molecule has 2 heterocycles. The van der Waals surface area contributed by atoms with E-state index in [1.807, 2.05) is 60.7 Å². The zero-order valence-corrected chi connectivity index (χ0v) is 19.8. The molecule has 0 unspecified atom stereocenters. The molecule has 3 aromatic carbocycles. The van der Waals surface area contributed by atoms with Gasteiger partial charge in [0.2, 0.25) is 0 Å². The zero-order valence-electron chi connectivity index (χ0n) is 19.8. The van der Waals surface area contributed by atoms with Gasteiger partial charge in [0.05, 0.1) is 12.1 Å². The maximum atomic E-state index is 14.1. The van der Waals surface area contributed by atoms with Crippen molar-refractivity contribution in [3.05, 3.63) is 113 Å². The lowest BCUT2D eigenvalue weighted by atomic mass is 9.73. The zero-order chi connectivity index (χ0) is 24.6. The van der Waals surface area contributed by atoms with E-state index in [1.165, 1.54) is 0 Å². The normalized spacial score (nSPS) is 23.7. The van der Waals surface area contributed by atoms with Crippen LogP contribution in [0.15, 0.2) is 96.6 Å². The van der Waals surface area contributed by atoms with Crippen molar-refractivity contribution in [1.82, 2.24) is 0 Å². The van der Waals surface area contributed by atoms with E-state index in [-0.39, 0.29) is 41.2 Å². The van der Waals surface area contributed by atoms with E-state index in [4.69, 9.17) is 0 Å². The van der Waals surface area contributed by atoms with E-state index in [2.05, 4.69) is 53.5 Å². The second-order valence-corrected chi connectivity index (χ2v) is 9.78. The minimum atomic E-state index is -0.377. The molecule has 1 saturated carbocycles. The summed E-state index contributed by atoms with van der Waals surface area (Å²) >= 11 is 0. The molecular weight excluding hydrogens is 442 g/mol. The van der Waals surface area contributed by atoms with E-state index >= 15 is 0 Å². The fraction of sp³-hybridized carbons (Fsp3) is 0.219. The molecule has 0 aromatic heterocycles. The Morgan fingerprint density at radius 1 is 0.833 bits per heavy atom. The summed E-state index contributed by atoms with van der Waals surface area (Å²) in [4.78, 5) is 16.3. The first-order valence-corrected chi connectivity index (χ1v) is 12.5. The van der Waals surface area contributed by atoms with Gasteiger partial charge in [0, 0.05) is 23.4 Å². The first-order chi connectivity index (χ1) is 17.7. The van der Waals surface area contributed by atoms with E-state index < -0.39 is 0 Å². The van der Waals surface area contributed by atoms with Crippen LogP contribution in [-0.2, 0) is 4.79 Å². The van der Waals surface area contributed by atoms with Gasteiger partial charge in [0.1, 0.15) is 17.7 Å². The van der Waals surface area contributed by atoms with Gasteiger partial charge in [0.15, 0.2) is 5.78 Å². The summed E-state index contributed by atoms with van der Waals surface area (Å²) in [6.45, 7) is 0. The highest BCUT2D eigenvalue weighted by atomic mass is 16.1. The third-order valence-corrected chi connectivity index (χ3v) is 7.77. The Morgan fingerprint density at radius 3 is 2.14 bits per heavy atom. The van der Waals surface area contributed by atoms with Gasteiger partial charge in [-0.2, -0.15) is 10.5 Å². The number of anilines is 1. The number of hydrogen-bond acceptors (Lipinski definition) is 4. The molecule has 2 fully saturated rings. The highest BCUT2D eigenvalue weighted by molar-refractivity contribution is 5.96. The molecule has 1 saturated heterocycles. The fourth-order valence-corrected chi connectivity index (χ4v) is 6.13. The van der Waals surface area contributed by atoms with Crippen LogP contribution in [-0.4, -0.2) is 17.9 Å². The Bertz CT molecular complexity index is 1440. The highest BCUT2D eigenvalue weighted by Crippen LogP contribution is 2.55. The number of allylic oxidation sites excluding steroid dienone is 1. The van der Waals surface area contributed by atoms with Crippen molar-refractivity contribution in [3.8, 4) is 12.1 Å². The van der Waals surface area contributed by atoms with Gasteiger partial charge in [-0.25, -0.2) is 0 Å². The van der Waals surface area contributed by atoms with Crippen LogP contribution in [0.25, 0.3) is 11.6 Å². The second-order valence-electron chi connectivity index (χ2n) is 9.78. The molecular formula is C32H25N3O. The molecule has 0 amide bonds. The Hall–Kier alpha value is -4.41. The molecule has 3 aromatic rings. The number of Topliss-reactive ketones (excluding diaryl/α,β-unsaturated/α-hetero) is 1. The van der Waals surface area contributed by atoms with Gasteiger partial charge in [-0.1, -0.05) is 91.0 Å². The third-order valence-electron chi connectivity index (χ3n) is 7.77. The molecule has 0 radical (unpaired) electrons. The fourth-order valence-electron chi connectivity index (χ4n) is 6.13. The average Bonchev–Trinajstić information content (AvgIpc) is 3.73. The molecule has 1 aliphatic carbocycles. The number of para-hydroxylation sites is 1. The number of rotatable bonds is 5. The van der Waals surface area contributed by atoms with Crippen LogP contribution in [0.3, 0.4) is 0 Å². The Morgan fingerprint density at radius 2 is 1.47 bits per heavy atom. The van der Waals surface area contributed by atoms with Gasteiger partial charge >= 0.3 is 0 Å². The van der Waals surface area contributed by atoms with Gasteiger partial charge in [0.25, 0.3) is 0 Å². The largest absolute Gasteiger partial charge is 0.353 e. The molecule has 4 atom stereocenters. The number of hydrogen-bond donors (Lipinski definition) is 0. The molecule has 0 spiro atoms. The monoisotopic (exact) mass is 467 g/mol. The van der Waals surface area contributed by atoms with Gasteiger partial charge < -0.3 is 4.90 Å². The van der Waals surface area contributed by atoms with Gasteiger partial charge in [-0.3, -0.25) is 4.79 Å². The minimum Gasteiger partial charge on any atom is -0.353 e. The lowest BCUT2D eigenvalue weighted by molar-refractivity contribution is -0.121. The molecule has 0 bridgehead atoms. The summed E-state index contributed by atoms with van der Waals surface area (Å²) in [5, 5.41) is 20.1. The highest BCUT2D eigenvalue weighted by Gasteiger charge is 2.56. The molecule has 3 aliphatic rings. The summed E-state index contributed by atoms with van der Waals surface area (Å²) in [6, 6.07) is 31.9. The number of nitriles is 2. The Labute approximate surface area is 211 Å². The van der Waals surface area contributed by atoms with Crippen LogP contribution < -0.4 is 4.90 Å². The van der Waals surface area contributed by atoms with Crippen molar-refractivity contribution >= 4 is 23.1 Å². The summed E-state index contributed by atoms with van der Waals surface area (Å²) in [5.74, 6) is -0.105. The van der Waals surface area contributed by atoms with Crippen molar-refractivity contribution in [2.75, 3.05) is 4.90 Å². The quantitative estimate of drug-likeness (QED) is 0.422. The molecule has 36 heavy (non-hydrogen) atoms. The Balaban J connectivity index is 1.65. The van der Waals surface area contributed by atoms with Crippen LogP contribution in [0.4, 0.5) is 5.69 Å². The first-order valence-electron chi connectivity index (χ1n) is 12.5. The van der Waals surface area contributed by atoms with Crippen LogP contribution in [0.1, 0.15) is 35.4 Å². The maximum Gasteiger partial charge on any atom is 0.158 e. The summed E-state index contributed by atoms with van der Waals surface area (Å²) in [7, 11) is 0. The van der Waals surface area contributed by atoms with E-state index in [0.717, 1.165) is 40.8 Å². The van der Waals surface area contributed by atoms with E-state index in [1.54, 1.807) is 0 Å². The summed E-state index contributed by atoms with van der Waals surface area (Å²) in [6.07, 6.45) is 6.15. The van der Waals surface area contributed by atoms with Crippen molar-refractivity contribution in [2.24, 2.45) is 11.8 Å². The average molecular weight is 468 g/mol. The number of carbonyl (C=O) groups excluding carboxylic acids is 1. The number of nitrogens with zero attached hydrogens (tertiary/aromatic N) is 3. The number of benzene rings is 3.